The summed E-state index contributed by atoms with van der Waals surface area (Å²) in [6.07, 6.45) is 4.48. The average Bonchev–Trinajstić information content (AvgIpc) is 3.44. The molecule has 2 aliphatic carbocycles. The SMILES string of the molecule is O=C(N[C@@H]1CC[C@H](CC(=O)N2CCCCC2C(=O)O)C1)OCC1c2ccccc2-c2ccccc21. The molecule has 2 N–H and O–H groups in total. The first-order valence-corrected chi connectivity index (χ1v) is 12.6. The molecule has 3 atom stereocenters. The lowest BCUT2D eigenvalue weighted by atomic mass is 9.98. The van der Waals surface area contributed by atoms with Crippen LogP contribution >= 0.6 is 0 Å². The van der Waals surface area contributed by atoms with E-state index >= 15 is 0 Å². The Hall–Kier alpha value is -3.35. The van der Waals surface area contributed by atoms with Crippen LogP contribution in [0, 0.1) is 5.92 Å². The predicted molar refractivity (Wildman–Crippen MR) is 131 cm³/mol. The summed E-state index contributed by atoms with van der Waals surface area (Å²) in [7, 11) is 0. The zero-order valence-corrected chi connectivity index (χ0v) is 19.8. The van der Waals surface area contributed by atoms with Crippen molar-refractivity contribution in [2.45, 2.75) is 62.9 Å². The summed E-state index contributed by atoms with van der Waals surface area (Å²) in [6, 6.07) is 15.8. The van der Waals surface area contributed by atoms with Gasteiger partial charge in [0.15, 0.2) is 0 Å². The van der Waals surface area contributed by atoms with E-state index in [9.17, 15) is 19.5 Å². The topological polar surface area (TPSA) is 95.9 Å². The van der Waals surface area contributed by atoms with Crippen LogP contribution in [0.1, 0.15) is 62.0 Å². The van der Waals surface area contributed by atoms with Gasteiger partial charge in [0.25, 0.3) is 0 Å². The molecule has 0 radical (unpaired) electrons. The number of rotatable bonds is 6. The summed E-state index contributed by atoms with van der Waals surface area (Å²) >= 11 is 0. The molecule has 0 bridgehead atoms. The highest BCUT2D eigenvalue weighted by Crippen LogP contribution is 2.44. The molecule has 5 rings (SSSR count). The maximum Gasteiger partial charge on any atom is 0.407 e. The third kappa shape index (κ3) is 4.90. The number of amides is 2. The highest BCUT2D eigenvalue weighted by Gasteiger charge is 2.35. The summed E-state index contributed by atoms with van der Waals surface area (Å²) in [6.45, 7) is 0.796. The lowest BCUT2D eigenvalue weighted by Crippen LogP contribution is -2.48. The quantitative estimate of drug-likeness (QED) is 0.638. The number of aliphatic carboxylic acids is 1. The number of nitrogens with one attached hydrogen (secondary N) is 1. The van der Waals surface area contributed by atoms with Gasteiger partial charge < -0.3 is 20.1 Å². The van der Waals surface area contributed by atoms with Crippen molar-refractivity contribution in [1.82, 2.24) is 10.2 Å². The Kier molecular flexibility index (Phi) is 6.75. The largest absolute Gasteiger partial charge is 0.480 e. The van der Waals surface area contributed by atoms with Gasteiger partial charge in [0.2, 0.25) is 5.91 Å². The molecule has 1 aliphatic heterocycles. The van der Waals surface area contributed by atoms with E-state index in [0.29, 0.717) is 25.8 Å². The number of hydrogen-bond donors (Lipinski definition) is 2. The van der Waals surface area contributed by atoms with Gasteiger partial charge in [-0.15, -0.1) is 0 Å². The van der Waals surface area contributed by atoms with Crippen molar-refractivity contribution in [3.05, 3.63) is 59.7 Å². The molecule has 1 saturated heterocycles. The standard InChI is InChI=1S/C28H32N2O5/c31-26(30-14-6-5-11-25(30)27(32)33)16-18-12-13-19(15-18)29-28(34)35-17-24-22-9-3-1-7-20(22)21-8-2-4-10-23(21)24/h1-4,7-10,18-19,24-25H,5-6,11-17H2,(H,29,34)(H,32,33)/t18-,19+,25?/m0/s1. The van der Waals surface area contributed by atoms with Crippen molar-refractivity contribution in [2.75, 3.05) is 13.2 Å². The third-order valence-electron chi connectivity index (χ3n) is 7.78. The molecule has 1 saturated carbocycles. The second kappa shape index (κ2) is 10.1. The molecule has 0 aromatic heterocycles. The molecule has 3 aliphatic rings. The zero-order valence-electron chi connectivity index (χ0n) is 19.8. The number of alkyl carbamates (subject to hydrolysis) is 1. The van der Waals surface area contributed by atoms with Crippen molar-refractivity contribution >= 4 is 18.0 Å². The van der Waals surface area contributed by atoms with E-state index in [1.165, 1.54) is 27.2 Å². The number of nitrogens with zero attached hydrogens (tertiary/aromatic N) is 1. The van der Waals surface area contributed by atoms with Crippen LogP contribution in [-0.2, 0) is 14.3 Å². The Balaban J connectivity index is 1.12. The minimum absolute atomic E-state index is 0.0221. The third-order valence-corrected chi connectivity index (χ3v) is 7.78. The van der Waals surface area contributed by atoms with Gasteiger partial charge in [-0.3, -0.25) is 4.79 Å². The van der Waals surface area contributed by atoms with Crippen molar-refractivity contribution in [3.8, 4) is 11.1 Å². The van der Waals surface area contributed by atoms with E-state index in [1.807, 2.05) is 24.3 Å². The van der Waals surface area contributed by atoms with Gasteiger partial charge >= 0.3 is 12.1 Å². The number of likely N-dealkylation sites (tertiary alicyclic amines) is 1. The van der Waals surface area contributed by atoms with Crippen LogP contribution in [0.4, 0.5) is 4.79 Å². The molecule has 7 nitrogen and oxygen atoms in total. The number of carbonyl (C=O) groups is 3. The molecular formula is C28H32N2O5. The molecule has 2 fully saturated rings. The lowest BCUT2D eigenvalue weighted by Gasteiger charge is -2.33. The second-order valence-electron chi connectivity index (χ2n) is 9.99. The monoisotopic (exact) mass is 476 g/mol. The molecule has 7 heteroatoms. The van der Waals surface area contributed by atoms with Crippen LogP contribution in [0.15, 0.2) is 48.5 Å². The van der Waals surface area contributed by atoms with E-state index in [2.05, 4.69) is 29.6 Å². The molecule has 184 valence electrons. The van der Waals surface area contributed by atoms with Crippen LogP contribution in [0.5, 0.6) is 0 Å². The number of carboxylic acid groups (broad SMARTS) is 1. The van der Waals surface area contributed by atoms with E-state index in [0.717, 1.165) is 25.7 Å². The van der Waals surface area contributed by atoms with Gasteiger partial charge in [0, 0.05) is 24.9 Å². The number of piperidine rings is 1. The maximum atomic E-state index is 12.8. The van der Waals surface area contributed by atoms with E-state index in [4.69, 9.17) is 4.74 Å². The Bertz CT molecular complexity index is 1070. The van der Waals surface area contributed by atoms with Crippen molar-refractivity contribution in [3.63, 3.8) is 0 Å². The number of carbonyl (C=O) groups excluding carboxylic acids is 2. The fourth-order valence-electron chi connectivity index (χ4n) is 6.05. The smallest absolute Gasteiger partial charge is 0.407 e. The molecule has 0 spiro atoms. The van der Waals surface area contributed by atoms with Crippen LogP contribution in [0.25, 0.3) is 11.1 Å². The molecule has 2 aromatic rings. The van der Waals surface area contributed by atoms with E-state index < -0.39 is 18.1 Å². The molecule has 2 aromatic carbocycles. The minimum Gasteiger partial charge on any atom is -0.480 e. The minimum atomic E-state index is -0.917. The van der Waals surface area contributed by atoms with Gasteiger partial charge in [-0.1, -0.05) is 48.5 Å². The number of carboxylic acids is 1. The molecular weight excluding hydrogens is 444 g/mol. The highest BCUT2D eigenvalue weighted by molar-refractivity contribution is 5.84. The van der Waals surface area contributed by atoms with Gasteiger partial charge in [-0.2, -0.15) is 0 Å². The fourth-order valence-corrected chi connectivity index (χ4v) is 6.05. The Morgan fingerprint density at radius 3 is 2.31 bits per heavy atom. The van der Waals surface area contributed by atoms with Crippen LogP contribution in [0.3, 0.4) is 0 Å². The maximum absolute atomic E-state index is 12.8. The highest BCUT2D eigenvalue weighted by atomic mass is 16.5. The summed E-state index contributed by atoms with van der Waals surface area (Å²) in [5, 5.41) is 12.4. The Morgan fingerprint density at radius 2 is 1.63 bits per heavy atom. The summed E-state index contributed by atoms with van der Waals surface area (Å²) in [4.78, 5) is 38.5. The molecule has 1 unspecified atom stereocenters. The first-order valence-electron chi connectivity index (χ1n) is 12.6. The van der Waals surface area contributed by atoms with Crippen LogP contribution in [-0.4, -0.2) is 53.2 Å². The van der Waals surface area contributed by atoms with Gasteiger partial charge in [-0.05, 0) is 66.7 Å². The molecule has 1 heterocycles. The van der Waals surface area contributed by atoms with E-state index in [-0.39, 0.29) is 30.4 Å². The van der Waals surface area contributed by atoms with Gasteiger partial charge in [0.05, 0.1) is 0 Å². The predicted octanol–water partition coefficient (Wildman–Crippen LogP) is 4.55. The van der Waals surface area contributed by atoms with Gasteiger partial charge in [-0.25, -0.2) is 9.59 Å². The molecule has 2 amide bonds. The molecule has 35 heavy (non-hydrogen) atoms. The second-order valence-corrected chi connectivity index (χ2v) is 9.99. The average molecular weight is 477 g/mol. The Labute approximate surface area is 205 Å². The van der Waals surface area contributed by atoms with Crippen molar-refractivity contribution < 1.29 is 24.2 Å². The van der Waals surface area contributed by atoms with Crippen LogP contribution < -0.4 is 5.32 Å². The number of benzene rings is 2. The lowest BCUT2D eigenvalue weighted by molar-refractivity contribution is -0.152. The number of ether oxygens (including phenoxy) is 1. The first kappa shape index (κ1) is 23.4. The van der Waals surface area contributed by atoms with Crippen molar-refractivity contribution in [1.29, 1.82) is 0 Å². The van der Waals surface area contributed by atoms with Crippen molar-refractivity contribution in [2.24, 2.45) is 5.92 Å². The number of fused-ring (bicyclic) bond motifs is 3. The normalized spacial score (nSPS) is 23.4. The van der Waals surface area contributed by atoms with Crippen LogP contribution in [0.2, 0.25) is 0 Å². The summed E-state index contributed by atoms with van der Waals surface area (Å²) < 4.78 is 5.66. The number of hydrogen-bond acceptors (Lipinski definition) is 4. The Morgan fingerprint density at radius 1 is 0.943 bits per heavy atom. The summed E-state index contributed by atoms with van der Waals surface area (Å²) in [5.41, 5.74) is 4.75. The van der Waals surface area contributed by atoms with Gasteiger partial charge in [0.1, 0.15) is 12.6 Å². The summed E-state index contributed by atoms with van der Waals surface area (Å²) in [5.74, 6) is -0.824. The first-order chi connectivity index (χ1) is 17.0. The fraction of sp³-hybridized carbons (Fsp3) is 0.464. The van der Waals surface area contributed by atoms with E-state index in [1.54, 1.807) is 0 Å². The zero-order chi connectivity index (χ0) is 24.4.